The molecular formula is C26H25ClFNO. The van der Waals surface area contributed by atoms with Crippen molar-refractivity contribution in [2.24, 2.45) is 0 Å². The predicted molar refractivity (Wildman–Crippen MR) is 121 cm³/mol. The summed E-state index contributed by atoms with van der Waals surface area (Å²) in [6.07, 6.45) is 2.43. The number of Topliss-reactive ketones (excluding diaryl/α,β-unsaturated/α-hetero) is 1. The third-order valence-electron chi connectivity index (χ3n) is 5.86. The Labute approximate surface area is 182 Å². The van der Waals surface area contributed by atoms with E-state index in [0.717, 1.165) is 42.1 Å². The molecule has 1 aliphatic rings. The van der Waals surface area contributed by atoms with Crippen molar-refractivity contribution in [3.8, 4) is 0 Å². The molecule has 0 N–H and O–H groups in total. The van der Waals surface area contributed by atoms with Crippen molar-refractivity contribution in [3.63, 3.8) is 0 Å². The van der Waals surface area contributed by atoms with E-state index in [1.165, 1.54) is 28.9 Å². The summed E-state index contributed by atoms with van der Waals surface area (Å²) >= 11 is 6.14. The zero-order valence-electron chi connectivity index (χ0n) is 17.1. The van der Waals surface area contributed by atoms with Crippen molar-refractivity contribution in [3.05, 3.63) is 99.8 Å². The highest BCUT2D eigenvalue weighted by molar-refractivity contribution is 6.30. The van der Waals surface area contributed by atoms with Crippen LogP contribution in [-0.4, -0.2) is 12.3 Å². The van der Waals surface area contributed by atoms with E-state index in [-0.39, 0.29) is 17.5 Å². The molecule has 0 saturated carbocycles. The first kappa shape index (κ1) is 20.6. The molecule has 0 aliphatic carbocycles. The minimum atomic E-state index is -0.281. The summed E-state index contributed by atoms with van der Waals surface area (Å²) < 4.78 is 13.1. The maximum absolute atomic E-state index is 13.1. The largest absolute Gasteiger partial charge is 0.367 e. The van der Waals surface area contributed by atoms with Gasteiger partial charge in [-0.15, -0.1) is 0 Å². The molecule has 4 heteroatoms. The lowest BCUT2D eigenvalue weighted by Gasteiger charge is -2.32. The number of nitrogens with zero attached hydrogens (tertiary/aromatic N) is 1. The van der Waals surface area contributed by atoms with Crippen LogP contribution in [0.25, 0.3) is 0 Å². The molecule has 0 aromatic heterocycles. The number of carbonyl (C=O) groups excluding carboxylic acids is 1. The maximum Gasteiger partial charge on any atom is 0.144 e. The first-order chi connectivity index (χ1) is 14.5. The smallest absolute Gasteiger partial charge is 0.144 e. The van der Waals surface area contributed by atoms with Crippen molar-refractivity contribution >= 4 is 23.1 Å². The first-order valence-corrected chi connectivity index (χ1v) is 10.8. The monoisotopic (exact) mass is 421 g/mol. The Morgan fingerprint density at radius 3 is 2.63 bits per heavy atom. The molecule has 154 valence electrons. The van der Waals surface area contributed by atoms with Crippen molar-refractivity contribution < 1.29 is 9.18 Å². The van der Waals surface area contributed by atoms with Gasteiger partial charge in [-0.2, -0.15) is 0 Å². The molecular weight excluding hydrogens is 397 g/mol. The molecule has 1 atom stereocenters. The summed E-state index contributed by atoms with van der Waals surface area (Å²) in [5.41, 5.74) is 5.62. The number of ketones is 1. The molecule has 1 unspecified atom stereocenters. The molecule has 0 radical (unpaired) electrons. The van der Waals surface area contributed by atoms with Gasteiger partial charge < -0.3 is 4.90 Å². The Balaban J connectivity index is 1.49. The van der Waals surface area contributed by atoms with Crippen LogP contribution in [0.3, 0.4) is 0 Å². The SMILES string of the molecule is CC(C(=O)Cc1ccc(F)cc1)c1ccc2c(c1)CCCN2Cc1cccc(Cl)c1. The molecule has 0 bridgehead atoms. The summed E-state index contributed by atoms with van der Waals surface area (Å²) in [5.74, 6) is -0.326. The van der Waals surface area contributed by atoms with Crippen LogP contribution in [0, 0.1) is 5.82 Å². The van der Waals surface area contributed by atoms with Crippen LogP contribution in [0.1, 0.15) is 41.5 Å². The topological polar surface area (TPSA) is 20.3 Å². The van der Waals surface area contributed by atoms with Gasteiger partial charge in [0.2, 0.25) is 0 Å². The molecule has 2 nitrogen and oxygen atoms in total. The van der Waals surface area contributed by atoms with Crippen LogP contribution in [0.4, 0.5) is 10.1 Å². The number of hydrogen-bond donors (Lipinski definition) is 0. The Morgan fingerprint density at radius 2 is 1.87 bits per heavy atom. The fourth-order valence-corrected chi connectivity index (χ4v) is 4.34. The number of hydrogen-bond acceptors (Lipinski definition) is 2. The molecule has 1 aliphatic heterocycles. The number of halogens is 2. The fourth-order valence-electron chi connectivity index (χ4n) is 4.13. The van der Waals surface area contributed by atoms with Gasteiger partial charge in [0.25, 0.3) is 0 Å². The third kappa shape index (κ3) is 4.73. The summed E-state index contributed by atoms with van der Waals surface area (Å²) in [5, 5.41) is 0.758. The molecule has 4 rings (SSSR count). The number of carbonyl (C=O) groups is 1. The van der Waals surface area contributed by atoms with Crippen molar-refractivity contribution in [1.29, 1.82) is 0 Å². The van der Waals surface area contributed by atoms with Crippen LogP contribution < -0.4 is 4.90 Å². The quantitative estimate of drug-likeness (QED) is 0.462. The van der Waals surface area contributed by atoms with Crippen molar-refractivity contribution in [2.75, 3.05) is 11.4 Å². The summed E-state index contributed by atoms with van der Waals surface area (Å²) in [4.78, 5) is 15.2. The number of aryl methyl sites for hydroxylation is 1. The van der Waals surface area contributed by atoms with Gasteiger partial charge in [0, 0.05) is 36.1 Å². The Bertz CT molecular complexity index is 1050. The van der Waals surface area contributed by atoms with Gasteiger partial charge in [0.15, 0.2) is 0 Å². The molecule has 3 aromatic rings. The van der Waals surface area contributed by atoms with E-state index < -0.39 is 0 Å². The number of anilines is 1. The Kier molecular flexibility index (Phi) is 6.19. The van der Waals surface area contributed by atoms with Crippen LogP contribution >= 0.6 is 11.6 Å². The summed E-state index contributed by atoms with van der Waals surface area (Å²) in [7, 11) is 0. The average molecular weight is 422 g/mol. The van der Waals surface area contributed by atoms with E-state index in [1.54, 1.807) is 12.1 Å². The highest BCUT2D eigenvalue weighted by Crippen LogP contribution is 2.32. The van der Waals surface area contributed by atoms with Crippen molar-refractivity contribution in [1.82, 2.24) is 0 Å². The second-order valence-electron chi connectivity index (χ2n) is 8.03. The number of fused-ring (bicyclic) bond motifs is 1. The molecule has 30 heavy (non-hydrogen) atoms. The van der Waals surface area contributed by atoms with Gasteiger partial charge in [-0.25, -0.2) is 4.39 Å². The van der Waals surface area contributed by atoms with E-state index in [0.29, 0.717) is 6.42 Å². The zero-order chi connectivity index (χ0) is 21.1. The normalized spacial score (nSPS) is 14.3. The lowest BCUT2D eigenvalue weighted by Crippen LogP contribution is -2.29. The lowest BCUT2D eigenvalue weighted by molar-refractivity contribution is -0.119. The molecule has 0 saturated heterocycles. The minimum absolute atomic E-state index is 0.146. The summed E-state index contributed by atoms with van der Waals surface area (Å²) in [6.45, 7) is 3.80. The highest BCUT2D eigenvalue weighted by atomic mass is 35.5. The average Bonchev–Trinajstić information content (AvgIpc) is 2.74. The van der Waals surface area contributed by atoms with E-state index >= 15 is 0 Å². The molecule has 0 amide bonds. The fraction of sp³-hybridized carbons (Fsp3) is 0.269. The van der Waals surface area contributed by atoms with Gasteiger partial charge in [0.1, 0.15) is 11.6 Å². The maximum atomic E-state index is 13.1. The molecule has 3 aromatic carbocycles. The van der Waals surface area contributed by atoms with E-state index in [4.69, 9.17) is 11.6 Å². The van der Waals surface area contributed by atoms with Gasteiger partial charge in [-0.05, 0) is 65.4 Å². The van der Waals surface area contributed by atoms with Crippen LogP contribution in [0.2, 0.25) is 5.02 Å². The first-order valence-electron chi connectivity index (χ1n) is 10.4. The van der Waals surface area contributed by atoms with Gasteiger partial charge in [0.05, 0.1) is 0 Å². The van der Waals surface area contributed by atoms with E-state index in [9.17, 15) is 9.18 Å². The second-order valence-corrected chi connectivity index (χ2v) is 8.47. The summed E-state index contributed by atoms with van der Waals surface area (Å²) in [6, 6.07) is 20.6. The highest BCUT2D eigenvalue weighted by Gasteiger charge is 2.21. The Hall–Kier alpha value is -2.65. The standard InChI is InChI=1S/C26H25ClFNO/c1-18(26(30)15-19-7-10-24(28)11-8-19)21-9-12-25-22(16-21)5-3-13-29(25)17-20-4-2-6-23(27)14-20/h2,4,6-12,14,16,18H,3,5,13,15,17H2,1H3. The van der Waals surface area contributed by atoms with Crippen LogP contribution in [0.15, 0.2) is 66.7 Å². The van der Waals surface area contributed by atoms with Gasteiger partial charge in [-0.3, -0.25) is 4.79 Å². The minimum Gasteiger partial charge on any atom is -0.367 e. The van der Waals surface area contributed by atoms with Crippen molar-refractivity contribution in [2.45, 2.75) is 38.6 Å². The zero-order valence-corrected chi connectivity index (χ0v) is 17.8. The number of rotatable bonds is 6. The molecule has 0 spiro atoms. The molecule has 1 heterocycles. The lowest BCUT2D eigenvalue weighted by atomic mass is 9.89. The van der Waals surface area contributed by atoms with Gasteiger partial charge >= 0.3 is 0 Å². The second kappa shape index (κ2) is 9.01. The van der Waals surface area contributed by atoms with E-state index in [1.807, 2.05) is 25.1 Å². The van der Waals surface area contributed by atoms with E-state index in [2.05, 4.69) is 29.2 Å². The van der Waals surface area contributed by atoms with Crippen LogP contribution in [-0.2, 0) is 24.2 Å². The number of benzene rings is 3. The molecule has 0 fully saturated rings. The Morgan fingerprint density at radius 1 is 1.07 bits per heavy atom. The third-order valence-corrected chi connectivity index (χ3v) is 6.09. The predicted octanol–water partition coefficient (Wildman–Crippen LogP) is 6.35. The van der Waals surface area contributed by atoms with Crippen LogP contribution in [0.5, 0.6) is 0 Å². The van der Waals surface area contributed by atoms with Gasteiger partial charge in [-0.1, -0.05) is 54.9 Å².